The lowest BCUT2D eigenvalue weighted by molar-refractivity contribution is -0.125. The van der Waals surface area contributed by atoms with E-state index in [2.05, 4.69) is 27.4 Å². The first-order valence-electron chi connectivity index (χ1n) is 14.8. The normalized spacial score (nSPS) is 15.7. The first-order chi connectivity index (χ1) is 20.3. The fourth-order valence-corrected chi connectivity index (χ4v) is 5.32. The summed E-state index contributed by atoms with van der Waals surface area (Å²) in [5.41, 5.74) is 9.17. The zero-order chi connectivity index (χ0) is 30.1. The fraction of sp³-hybridized carbons (Fsp3) is 0.469. The lowest BCUT2D eigenvalue weighted by atomic mass is 10.0. The van der Waals surface area contributed by atoms with Crippen molar-refractivity contribution in [2.45, 2.75) is 46.3 Å². The summed E-state index contributed by atoms with van der Waals surface area (Å²) in [4.78, 5) is 26.3. The number of phenols is 1. The smallest absolute Gasteiger partial charge is 0.318 e. The summed E-state index contributed by atoms with van der Waals surface area (Å²) in [5.74, 6) is 0.769. The maximum absolute atomic E-state index is 10.8. The van der Waals surface area contributed by atoms with Crippen LogP contribution in [0, 0.1) is 0 Å². The van der Waals surface area contributed by atoms with Crippen molar-refractivity contribution in [3.05, 3.63) is 60.3 Å². The average Bonchev–Trinajstić information content (AvgIpc) is 3.00. The minimum Gasteiger partial charge on any atom is -0.508 e. The molecule has 10 heteroatoms. The van der Waals surface area contributed by atoms with Crippen molar-refractivity contribution >= 4 is 28.2 Å². The molecule has 10 nitrogen and oxygen atoms in total. The molecule has 0 bridgehead atoms. The highest BCUT2D eigenvalue weighted by Crippen LogP contribution is 2.35. The van der Waals surface area contributed by atoms with Crippen molar-refractivity contribution in [3.63, 3.8) is 0 Å². The summed E-state index contributed by atoms with van der Waals surface area (Å²) in [6.07, 6.45) is 2.97. The predicted octanol–water partition coefficient (Wildman–Crippen LogP) is 4.01. The van der Waals surface area contributed by atoms with E-state index in [1.54, 1.807) is 11.0 Å². The molecule has 3 N–H and O–H groups in total. The number of carbonyl (C=O) groups is 1. The van der Waals surface area contributed by atoms with Crippen molar-refractivity contribution in [3.8, 4) is 11.8 Å². The Bertz CT molecular complexity index is 1360. The number of phenolic OH excluding ortho intramolecular Hbond substituents is 1. The van der Waals surface area contributed by atoms with Crippen molar-refractivity contribution in [1.82, 2.24) is 19.8 Å². The van der Waals surface area contributed by atoms with E-state index in [4.69, 9.17) is 20.2 Å². The van der Waals surface area contributed by atoms with Crippen LogP contribution in [0.1, 0.15) is 38.4 Å². The molecule has 226 valence electrons. The van der Waals surface area contributed by atoms with Gasteiger partial charge in [0.1, 0.15) is 17.7 Å². The number of benzene rings is 2. The highest BCUT2D eigenvalue weighted by molar-refractivity contribution is 5.95. The monoisotopic (exact) mass is 576 g/mol. The van der Waals surface area contributed by atoms with Crippen LogP contribution >= 0.6 is 0 Å². The van der Waals surface area contributed by atoms with Gasteiger partial charge in [0.2, 0.25) is 5.91 Å². The molecule has 2 aliphatic heterocycles. The number of amides is 1. The van der Waals surface area contributed by atoms with E-state index < -0.39 is 0 Å². The number of nitrogens with two attached hydrogens (primary N) is 1. The standard InChI is InChI=1S/C25H31N5O3.C7H13NO/c1-17(6-8-29-10-12-32-13-11-29)33-25-27-22-16-30(9-7-21(22)24(26)28-25)23-15-19(31)14-18-4-2-3-5-20(18)23;1-4-7(9)8(5-2)6-3/h2-5,14-15,17,31H,6-13,16H2,1H3,(H2,26,27,28);4H,1,5-6H2,2-3H3. The number of nitrogens with zero attached hydrogens (tertiary/aromatic N) is 5. The molecule has 1 amide bonds. The van der Waals surface area contributed by atoms with E-state index in [1.807, 2.05) is 45.0 Å². The van der Waals surface area contributed by atoms with Gasteiger partial charge in [-0.3, -0.25) is 9.69 Å². The van der Waals surface area contributed by atoms with Gasteiger partial charge in [0.25, 0.3) is 0 Å². The van der Waals surface area contributed by atoms with Crippen molar-refractivity contribution in [2.24, 2.45) is 0 Å². The molecule has 1 unspecified atom stereocenters. The van der Waals surface area contributed by atoms with Crippen molar-refractivity contribution in [2.75, 3.05) is 63.1 Å². The maximum Gasteiger partial charge on any atom is 0.318 e. The van der Waals surface area contributed by atoms with Crippen molar-refractivity contribution in [1.29, 1.82) is 0 Å². The number of aromatic nitrogens is 2. The number of fused-ring (bicyclic) bond motifs is 2. The van der Waals surface area contributed by atoms with Gasteiger partial charge in [-0.05, 0) is 51.1 Å². The minimum atomic E-state index is -0.0139. The van der Waals surface area contributed by atoms with E-state index in [9.17, 15) is 9.90 Å². The molecule has 0 spiro atoms. The van der Waals surface area contributed by atoms with Crippen LogP contribution in [0.4, 0.5) is 11.5 Å². The van der Waals surface area contributed by atoms with Crippen LogP contribution in [0.25, 0.3) is 10.8 Å². The largest absolute Gasteiger partial charge is 0.508 e. The maximum atomic E-state index is 10.8. The van der Waals surface area contributed by atoms with Crippen LogP contribution in [0.2, 0.25) is 0 Å². The molecule has 0 saturated carbocycles. The lowest BCUT2D eigenvalue weighted by Crippen LogP contribution is -2.38. The summed E-state index contributed by atoms with van der Waals surface area (Å²) in [7, 11) is 0. The highest BCUT2D eigenvalue weighted by Gasteiger charge is 2.24. The zero-order valence-electron chi connectivity index (χ0n) is 25.1. The number of hydrogen-bond donors (Lipinski definition) is 2. The molecule has 1 fully saturated rings. The number of carbonyl (C=O) groups excluding carboxylic acids is 1. The Balaban J connectivity index is 0.000000392. The van der Waals surface area contributed by atoms with Gasteiger partial charge in [0, 0.05) is 62.0 Å². The molecule has 1 atom stereocenters. The Kier molecular flexibility index (Phi) is 11.0. The van der Waals surface area contributed by atoms with E-state index in [1.165, 1.54) is 6.08 Å². The van der Waals surface area contributed by atoms with Crippen LogP contribution in [-0.4, -0.2) is 89.4 Å². The molecule has 2 aliphatic rings. The summed E-state index contributed by atoms with van der Waals surface area (Å²) < 4.78 is 11.5. The zero-order valence-corrected chi connectivity index (χ0v) is 25.1. The Morgan fingerprint density at radius 3 is 2.62 bits per heavy atom. The van der Waals surface area contributed by atoms with Gasteiger partial charge in [-0.25, -0.2) is 0 Å². The lowest BCUT2D eigenvalue weighted by Gasteiger charge is -2.31. The van der Waals surface area contributed by atoms with E-state index >= 15 is 0 Å². The number of hydrogen-bond acceptors (Lipinski definition) is 9. The number of morpholine rings is 1. The third kappa shape index (κ3) is 7.89. The number of ether oxygens (including phenoxy) is 2. The van der Waals surface area contributed by atoms with Gasteiger partial charge in [-0.15, -0.1) is 0 Å². The van der Waals surface area contributed by atoms with Gasteiger partial charge in [0.05, 0.1) is 25.5 Å². The molecule has 1 aromatic heterocycles. The second kappa shape index (κ2) is 14.8. The molecule has 0 radical (unpaired) electrons. The van der Waals surface area contributed by atoms with E-state index in [0.29, 0.717) is 18.4 Å². The Labute approximate surface area is 248 Å². The molecular weight excluding hydrogens is 532 g/mol. The van der Waals surface area contributed by atoms with Crippen LogP contribution in [-0.2, 0) is 22.5 Å². The van der Waals surface area contributed by atoms with E-state index in [0.717, 1.165) is 93.0 Å². The molecule has 42 heavy (non-hydrogen) atoms. The molecule has 3 heterocycles. The number of aromatic hydroxyl groups is 1. The summed E-state index contributed by atoms with van der Waals surface area (Å²) in [6.45, 7) is 16.7. The third-order valence-electron chi connectivity index (χ3n) is 7.75. The molecule has 1 saturated heterocycles. The quantitative estimate of drug-likeness (QED) is 0.364. The summed E-state index contributed by atoms with van der Waals surface area (Å²) in [6, 6.07) is 12.0. The highest BCUT2D eigenvalue weighted by atomic mass is 16.5. The Morgan fingerprint density at radius 2 is 1.93 bits per heavy atom. The Morgan fingerprint density at radius 1 is 1.19 bits per heavy atom. The molecule has 3 aromatic rings. The SMILES string of the molecule is C=CC(=O)N(CC)CC.CC(CCN1CCOCC1)Oc1nc(N)c2c(n1)CN(c1cc(O)cc3ccccc13)CC2. The van der Waals surface area contributed by atoms with Gasteiger partial charge in [-0.1, -0.05) is 30.8 Å². The molecule has 5 rings (SSSR count). The molecule has 2 aromatic carbocycles. The Hall–Kier alpha value is -3.89. The van der Waals surface area contributed by atoms with Gasteiger partial charge in [0.15, 0.2) is 0 Å². The van der Waals surface area contributed by atoms with Crippen LogP contribution in [0.5, 0.6) is 11.8 Å². The minimum absolute atomic E-state index is 0.0139. The second-order valence-electron chi connectivity index (χ2n) is 10.6. The first-order valence-corrected chi connectivity index (χ1v) is 14.8. The second-order valence-corrected chi connectivity index (χ2v) is 10.6. The topological polar surface area (TPSA) is 117 Å². The van der Waals surface area contributed by atoms with Crippen LogP contribution in [0.15, 0.2) is 49.1 Å². The number of rotatable bonds is 9. The average molecular weight is 577 g/mol. The van der Waals surface area contributed by atoms with Gasteiger partial charge < -0.3 is 30.1 Å². The molecular formula is C32H44N6O4. The van der Waals surface area contributed by atoms with Crippen LogP contribution in [0.3, 0.4) is 0 Å². The van der Waals surface area contributed by atoms with Gasteiger partial charge >= 0.3 is 6.01 Å². The van der Waals surface area contributed by atoms with Crippen LogP contribution < -0.4 is 15.4 Å². The third-order valence-corrected chi connectivity index (χ3v) is 7.75. The van der Waals surface area contributed by atoms with Gasteiger partial charge in [-0.2, -0.15) is 9.97 Å². The number of anilines is 2. The van der Waals surface area contributed by atoms with E-state index in [-0.39, 0.29) is 17.8 Å². The first kappa shape index (κ1) is 31.1. The molecule has 0 aliphatic carbocycles. The fourth-order valence-electron chi connectivity index (χ4n) is 5.32. The number of nitrogen functional groups attached to an aromatic ring is 1. The predicted molar refractivity (Wildman–Crippen MR) is 167 cm³/mol. The van der Waals surface area contributed by atoms with Crippen molar-refractivity contribution < 1.29 is 19.4 Å². The summed E-state index contributed by atoms with van der Waals surface area (Å²) in [5, 5.41) is 12.4. The number of likely N-dealkylation sites (N-methyl/N-ethyl adjacent to an activating group) is 1. The summed E-state index contributed by atoms with van der Waals surface area (Å²) >= 11 is 0.